The minimum Gasteiger partial charge on any atom is -0.491 e. The van der Waals surface area contributed by atoms with E-state index in [0.717, 1.165) is 31.7 Å². The van der Waals surface area contributed by atoms with Crippen molar-refractivity contribution in [3.63, 3.8) is 0 Å². The zero-order valence-corrected chi connectivity index (χ0v) is 12.4. The van der Waals surface area contributed by atoms with E-state index in [-0.39, 0.29) is 0 Å². The molecule has 0 bridgehead atoms. The SMILES string of the molecule is CCCC(C)OCCOc1ccc(CNCC)cc1. The van der Waals surface area contributed by atoms with Crippen LogP contribution in [0, 0.1) is 0 Å². The standard InChI is InChI=1S/C16H27NO2/c1-4-6-14(3)18-11-12-19-16-9-7-15(8-10-16)13-17-5-2/h7-10,14,17H,4-6,11-13H2,1-3H3. The lowest BCUT2D eigenvalue weighted by molar-refractivity contribution is 0.0395. The highest BCUT2D eigenvalue weighted by molar-refractivity contribution is 5.27. The summed E-state index contributed by atoms with van der Waals surface area (Å²) >= 11 is 0. The molecule has 0 aliphatic carbocycles. The monoisotopic (exact) mass is 265 g/mol. The fourth-order valence-corrected chi connectivity index (χ4v) is 1.87. The maximum atomic E-state index is 5.65. The molecule has 3 nitrogen and oxygen atoms in total. The molecule has 19 heavy (non-hydrogen) atoms. The summed E-state index contributed by atoms with van der Waals surface area (Å²) in [5, 5.41) is 3.30. The molecule has 1 N–H and O–H groups in total. The normalized spacial score (nSPS) is 12.4. The van der Waals surface area contributed by atoms with Crippen LogP contribution in [0.2, 0.25) is 0 Å². The van der Waals surface area contributed by atoms with Gasteiger partial charge in [0, 0.05) is 6.54 Å². The molecular weight excluding hydrogens is 238 g/mol. The van der Waals surface area contributed by atoms with E-state index in [4.69, 9.17) is 9.47 Å². The van der Waals surface area contributed by atoms with E-state index in [1.807, 2.05) is 12.1 Å². The molecule has 0 aliphatic rings. The Hall–Kier alpha value is -1.06. The number of hydrogen-bond acceptors (Lipinski definition) is 3. The van der Waals surface area contributed by atoms with Gasteiger partial charge in [-0.3, -0.25) is 0 Å². The Morgan fingerprint density at radius 1 is 1.11 bits per heavy atom. The van der Waals surface area contributed by atoms with E-state index in [2.05, 4.69) is 38.2 Å². The summed E-state index contributed by atoms with van der Waals surface area (Å²) in [7, 11) is 0. The highest BCUT2D eigenvalue weighted by atomic mass is 16.5. The second kappa shape index (κ2) is 9.82. The van der Waals surface area contributed by atoms with Gasteiger partial charge in [-0.25, -0.2) is 0 Å². The van der Waals surface area contributed by atoms with Crippen molar-refractivity contribution in [3.05, 3.63) is 29.8 Å². The molecule has 0 spiro atoms. The van der Waals surface area contributed by atoms with Crippen LogP contribution in [-0.2, 0) is 11.3 Å². The molecule has 0 amide bonds. The van der Waals surface area contributed by atoms with Crippen LogP contribution in [0.5, 0.6) is 5.75 Å². The minimum absolute atomic E-state index is 0.330. The van der Waals surface area contributed by atoms with Crippen LogP contribution >= 0.6 is 0 Å². The van der Waals surface area contributed by atoms with Crippen molar-refractivity contribution in [3.8, 4) is 5.75 Å². The first-order valence-corrected chi connectivity index (χ1v) is 7.30. The topological polar surface area (TPSA) is 30.5 Å². The number of ether oxygens (including phenoxy) is 2. The van der Waals surface area contributed by atoms with Gasteiger partial charge in [-0.05, 0) is 37.6 Å². The summed E-state index contributed by atoms with van der Waals surface area (Å²) in [6.45, 7) is 9.56. The van der Waals surface area contributed by atoms with E-state index in [1.165, 1.54) is 5.56 Å². The molecule has 3 heteroatoms. The molecule has 108 valence electrons. The maximum Gasteiger partial charge on any atom is 0.119 e. The lowest BCUT2D eigenvalue weighted by atomic mass is 10.2. The average Bonchev–Trinajstić information content (AvgIpc) is 2.43. The van der Waals surface area contributed by atoms with Gasteiger partial charge in [0.2, 0.25) is 0 Å². The zero-order valence-electron chi connectivity index (χ0n) is 12.4. The third kappa shape index (κ3) is 7.19. The largest absolute Gasteiger partial charge is 0.491 e. The van der Waals surface area contributed by atoms with Crippen LogP contribution in [0.3, 0.4) is 0 Å². The van der Waals surface area contributed by atoms with Crippen molar-refractivity contribution >= 4 is 0 Å². The Bertz CT molecular complexity index is 324. The second-order valence-corrected chi connectivity index (χ2v) is 4.74. The lowest BCUT2D eigenvalue weighted by Gasteiger charge is -2.12. The van der Waals surface area contributed by atoms with Gasteiger partial charge >= 0.3 is 0 Å². The third-order valence-corrected chi connectivity index (χ3v) is 2.95. The highest BCUT2D eigenvalue weighted by Crippen LogP contribution is 2.12. The number of benzene rings is 1. The van der Waals surface area contributed by atoms with Gasteiger partial charge < -0.3 is 14.8 Å². The van der Waals surface area contributed by atoms with Crippen LogP contribution in [0.4, 0.5) is 0 Å². The first-order chi connectivity index (χ1) is 9.26. The Labute approximate surface area is 117 Å². The van der Waals surface area contributed by atoms with Gasteiger partial charge in [-0.2, -0.15) is 0 Å². The molecule has 1 rings (SSSR count). The summed E-state index contributed by atoms with van der Waals surface area (Å²) < 4.78 is 11.3. The molecule has 1 unspecified atom stereocenters. The van der Waals surface area contributed by atoms with Crippen molar-refractivity contribution in [2.75, 3.05) is 19.8 Å². The molecule has 0 saturated carbocycles. The van der Waals surface area contributed by atoms with Crippen molar-refractivity contribution in [2.24, 2.45) is 0 Å². The third-order valence-electron chi connectivity index (χ3n) is 2.95. The fourth-order valence-electron chi connectivity index (χ4n) is 1.87. The first-order valence-electron chi connectivity index (χ1n) is 7.30. The van der Waals surface area contributed by atoms with Gasteiger partial charge in [0.05, 0.1) is 12.7 Å². The van der Waals surface area contributed by atoms with Crippen LogP contribution in [0.25, 0.3) is 0 Å². The van der Waals surface area contributed by atoms with Gasteiger partial charge in [0.15, 0.2) is 0 Å². The molecule has 1 aromatic rings. The van der Waals surface area contributed by atoms with E-state index in [1.54, 1.807) is 0 Å². The summed E-state index contributed by atoms with van der Waals surface area (Å²) in [5.41, 5.74) is 1.28. The summed E-state index contributed by atoms with van der Waals surface area (Å²) in [5.74, 6) is 0.909. The molecule has 1 aromatic carbocycles. The Morgan fingerprint density at radius 3 is 2.47 bits per heavy atom. The molecule has 0 heterocycles. The average molecular weight is 265 g/mol. The van der Waals surface area contributed by atoms with Crippen LogP contribution < -0.4 is 10.1 Å². The Morgan fingerprint density at radius 2 is 1.84 bits per heavy atom. The quantitative estimate of drug-likeness (QED) is 0.658. The molecule has 1 atom stereocenters. The van der Waals surface area contributed by atoms with Gasteiger partial charge in [0.25, 0.3) is 0 Å². The molecular formula is C16H27NO2. The van der Waals surface area contributed by atoms with Gasteiger partial charge in [-0.1, -0.05) is 32.4 Å². The maximum absolute atomic E-state index is 5.65. The van der Waals surface area contributed by atoms with E-state index < -0.39 is 0 Å². The predicted molar refractivity (Wildman–Crippen MR) is 79.6 cm³/mol. The highest BCUT2D eigenvalue weighted by Gasteiger charge is 2.00. The van der Waals surface area contributed by atoms with Crippen LogP contribution in [-0.4, -0.2) is 25.9 Å². The van der Waals surface area contributed by atoms with Crippen molar-refractivity contribution in [1.29, 1.82) is 0 Å². The predicted octanol–water partition coefficient (Wildman–Crippen LogP) is 3.38. The van der Waals surface area contributed by atoms with Crippen molar-refractivity contribution in [1.82, 2.24) is 5.32 Å². The van der Waals surface area contributed by atoms with Gasteiger partial charge in [-0.15, -0.1) is 0 Å². The van der Waals surface area contributed by atoms with Gasteiger partial charge in [0.1, 0.15) is 12.4 Å². The Kier molecular flexibility index (Phi) is 8.26. The van der Waals surface area contributed by atoms with Crippen LogP contribution in [0.1, 0.15) is 39.2 Å². The first kappa shape index (κ1) is 16.0. The van der Waals surface area contributed by atoms with Crippen LogP contribution in [0.15, 0.2) is 24.3 Å². The zero-order chi connectivity index (χ0) is 13.9. The van der Waals surface area contributed by atoms with E-state index >= 15 is 0 Å². The molecule has 0 radical (unpaired) electrons. The molecule has 0 fully saturated rings. The lowest BCUT2D eigenvalue weighted by Crippen LogP contribution is -2.14. The van der Waals surface area contributed by atoms with E-state index in [9.17, 15) is 0 Å². The second-order valence-electron chi connectivity index (χ2n) is 4.74. The Balaban J connectivity index is 2.19. The molecule has 0 saturated heterocycles. The summed E-state index contributed by atoms with van der Waals surface area (Å²) in [4.78, 5) is 0. The number of nitrogens with one attached hydrogen (secondary N) is 1. The number of hydrogen-bond donors (Lipinski definition) is 1. The van der Waals surface area contributed by atoms with E-state index in [0.29, 0.717) is 19.3 Å². The molecule has 0 aliphatic heterocycles. The number of rotatable bonds is 10. The molecule has 0 aromatic heterocycles. The van der Waals surface area contributed by atoms with Crippen molar-refractivity contribution < 1.29 is 9.47 Å². The fraction of sp³-hybridized carbons (Fsp3) is 0.625. The van der Waals surface area contributed by atoms with Crippen molar-refractivity contribution in [2.45, 2.75) is 46.3 Å². The minimum atomic E-state index is 0.330. The summed E-state index contributed by atoms with van der Waals surface area (Å²) in [6, 6.07) is 8.22. The summed E-state index contributed by atoms with van der Waals surface area (Å²) in [6.07, 6.45) is 2.60. The smallest absolute Gasteiger partial charge is 0.119 e.